The highest BCUT2D eigenvalue weighted by atomic mass is 32.1. The number of unbranched alkanes of at least 4 members (excludes halogenated alkanes) is 1. The van der Waals surface area contributed by atoms with E-state index in [1.165, 1.54) is 31.4 Å². The number of nitrogens with one attached hydrogen (secondary N) is 2. The van der Waals surface area contributed by atoms with Crippen molar-refractivity contribution in [1.29, 1.82) is 0 Å². The number of likely N-dealkylation sites (tertiary alicyclic amines) is 1. The number of piperazine rings is 1. The topological polar surface area (TPSA) is 92.8 Å². The molecule has 0 unspecified atom stereocenters. The van der Waals surface area contributed by atoms with E-state index in [1.54, 1.807) is 11.3 Å². The molecule has 6 rings (SSSR count). The Kier molecular flexibility index (Phi) is 12.3. The molecule has 1 saturated carbocycles. The molecule has 3 atom stereocenters. The van der Waals surface area contributed by atoms with Crippen LogP contribution in [0.15, 0.2) is 52.8 Å². The second-order valence-electron chi connectivity index (χ2n) is 15.1. The predicted octanol–water partition coefficient (Wildman–Crippen LogP) is 4.18. The van der Waals surface area contributed by atoms with Crippen LogP contribution in [-0.2, 0) is 27.4 Å². The van der Waals surface area contributed by atoms with Crippen molar-refractivity contribution in [3.63, 3.8) is 0 Å². The Bertz CT molecular complexity index is 1380. The summed E-state index contributed by atoms with van der Waals surface area (Å²) < 4.78 is 5.88. The van der Waals surface area contributed by atoms with Gasteiger partial charge < -0.3 is 30.1 Å². The lowest BCUT2D eigenvalue weighted by molar-refractivity contribution is -0.145. The summed E-state index contributed by atoms with van der Waals surface area (Å²) in [5.41, 5.74) is 1.78. The van der Waals surface area contributed by atoms with Crippen LogP contribution in [0.2, 0.25) is 0 Å². The van der Waals surface area contributed by atoms with E-state index in [-0.39, 0.29) is 23.9 Å². The molecular formula is C38H57N7O3S. The van der Waals surface area contributed by atoms with Gasteiger partial charge in [-0.05, 0) is 101 Å². The van der Waals surface area contributed by atoms with E-state index >= 15 is 0 Å². The number of hydrogen-bond donors (Lipinski definition) is 2. The van der Waals surface area contributed by atoms with Gasteiger partial charge in [0.15, 0.2) is 0 Å². The maximum Gasteiger partial charge on any atom is 0.287 e. The van der Waals surface area contributed by atoms with Gasteiger partial charge in [0.2, 0.25) is 11.8 Å². The average molecular weight is 692 g/mol. The maximum atomic E-state index is 14.6. The van der Waals surface area contributed by atoms with Gasteiger partial charge in [0.1, 0.15) is 12.6 Å². The molecule has 4 heterocycles. The zero-order chi connectivity index (χ0) is 34.2. The fourth-order valence-electron chi connectivity index (χ4n) is 8.13. The van der Waals surface area contributed by atoms with E-state index in [0.717, 1.165) is 56.6 Å². The Morgan fingerprint density at radius 2 is 1.88 bits per heavy atom. The maximum absolute atomic E-state index is 14.6. The van der Waals surface area contributed by atoms with Crippen molar-refractivity contribution in [3.05, 3.63) is 58.3 Å². The normalized spacial score (nSPS) is 26.6. The summed E-state index contributed by atoms with van der Waals surface area (Å²) in [6.45, 7) is 8.86. The molecule has 2 amide bonds. The number of amides is 2. The molecule has 49 heavy (non-hydrogen) atoms. The van der Waals surface area contributed by atoms with Crippen molar-refractivity contribution < 1.29 is 14.3 Å². The summed E-state index contributed by atoms with van der Waals surface area (Å²) in [5.74, 6) is -0.0658. The molecule has 0 radical (unpaired) electrons. The minimum atomic E-state index is -0.613. The molecule has 1 aromatic heterocycles. The minimum absolute atomic E-state index is 0.0543. The SMILES string of the molecule is C[C@H]1COC(N2CCN(C(=O)[C@@H](CCCCN(C)C)NC3CCC4(CC3)CCN(Cc3ccccc3)C4)[C@H](C(=O)NCc3cccs3)C2)=N1. The minimum Gasteiger partial charge on any atom is -0.463 e. The summed E-state index contributed by atoms with van der Waals surface area (Å²) in [6.07, 6.45) is 8.62. The van der Waals surface area contributed by atoms with E-state index in [4.69, 9.17) is 4.74 Å². The van der Waals surface area contributed by atoms with Crippen molar-refractivity contribution in [2.45, 2.75) is 95.5 Å². The molecule has 3 fully saturated rings. The lowest BCUT2D eigenvalue weighted by atomic mass is 9.72. The number of benzene rings is 1. The highest BCUT2D eigenvalue weighted by molar-refractivity contribution is 7.09. The molecule has 1 aliphatic carbocycles. The Morgan fingerprint density at radius 1 is 1.06 bits per heavy atom. The standard InChI is InChI=1S/C38H57N7O3S/c1-29-27-48-37(40-29)44-21-22-45(34(26-44)35(46)39-24-32-12-9-23-49-32)36(47)33(13-7-8-19-42(2)3)41-31-14-16-38(17-15-31)18-20-43(28-38)25-30-10-5-4-6-11-30/h4-6,9-12,23,29,31,33-34,41H,7-8,13-22,24-28H2,1-3H3,(H,39,46)/t29-,31?,33+,34-,38?/m0/s1. The first-order valence-corrected chi connectivity index (χ1v) is 19.4. The Morgan fingerprint density at radius 3 is 2.59 bits per heavy atom. The van der Waals surface area contributed by atoms with Gasteiger partial charge in [0.25, 0.3) is 6.02 Å². The van der Waals surface area contributed by atoms with Gasteiger partial charge in [0.05, 0.1) is 25.2 Å². The number of hydrogen-bond acceptors (Lipinski definition) is 9. The summed E-state index contributed by atoms with van der Waals surface area (Å²) in [5, 5.41) is 9.02. The lowest BCUT2D eigenvalue weighted by Crippen LogP contribution is -2.64. The lowest BCUT2D eigenvalue weighted by Gasteiger charge is -2.43. The zero-order valence-corrected chi connectivity index (χ0v) is 30.6. The summed E-state index contributed by atoms with van der Waals surface area (Å²) in [6, 6.07) is 14.9. The van der Waals surface area contributed by atoms with Crippen molar-refractivity contribution in [2.24, 2.45) is 10.4 Å². The van der Waals surface area contributed by atoms with E-state index in [0.29, 0.717) is 50.3 Å². The van der Waals surface area contributed by atoms with Gasteiger partial charge in [-0.25, -0.2) is 4.99 Å². The molecule has 268 valence electrons. The van der Waals surface area contributed by atoms with Crippen LogP contribution >= 0.6 is 11.3 Å². The van der Waals surface area contributed by atoms with E-state index in [9.17, 15) is 9.59 Å². The van der Waals surface area contributed by atoms with Crippen LogP contribution in [0.5, 0.6) is 0 Å². The van der Waals surface area contributed by atoms with E-state index in [2.05, 4.69) is 69.9 Å². The molecule has 2 saturated heterocycles. The van der Waals surface area contributed by atoms with Gasteiger partial charge in [-0.3, -0.25) is 14.5 Å². The number of ether oxygens (including phenoxy) is 1. The summed E-state index contributed by atoms with van der Waals surface area (Å²) >= 11 is 1.62. The van der Waals surface area contributed by atoms with Crippen molar-refractivity contribution in [1.82, 2.24) is 30.2 Å². The largest absolute Gasteiger partial charge is 0.463 e. The highest BCUT2D eigenvalue weighted by Gasteiger charge is 2.43. The van der Waals surface area contributed by atoms with Crippen LogP contribution in [0.3, 0.4) is 0 Å². The van der Waals surface area contributed by atoms with Gasteiger partial charge in [-0.2, -0.15) is 0 Å². The molecule has 1 spiro atoms. The van der Waals surface area contributed by atoms with Crippen LogP contribution < -0.4 is 10.6 Å². The fraction of sp³-hybridized carbons (Fsp3) is 0.658. The quantitative estimate of drug-likeness (QED) is 0.305. The number of nitrogens with zero attached hydrogens (tertiary/aromatic N) is 5. The molecule has 1 aromatic carbocycles. The highest BCUT2D eigenvalue weighted by Crippen LogP contribution is 2.44. The number of amidine groups is 1. The molecule has 2 N–H and O–H groups in total. The second-order valence-corrected chi connectivity index (χ2v) is 16.1. The van der Waals surface area contributed by atoms with Gasteiger partial charge >= 0.3 is 0 Å². The van der Waals surface area contributed by atoms with E-state index in [1.807, 2.05) is 34.2 Å². The molecular weight excluding hydrogens is 635 g/mol. The summed E-state index contributed by atoms with van der Waals surface area (Å²) in [7, 11) is 4.20. The first kappa shape index (κ1) is 35.8. The molecule has 10 nitrogen and oxygen atoms in total. The van der Waals surface area contributed by atoms with Crippen molar-refractivity contribution in [2.75, 3.05) is 60.0 Å². The van der Waals surface area contributed by atoms with Crippen molar-refractivity contribution >= 4 is 29.2 Å². The van der Waals surface area contributed by atoms with E-state index < -0.39 is 6.04 Å². The van der Waals surface area contributed by atoms with Crippen molar-refractivity contribution in [3.8, 4) is 0 Å². The monoisotopic (exact) mass is 691 g/mol. The molecule has 4 aliphatic rings. The van der Waals surface area contributed by atoms with Crippen LogP contribution in [0.25, 0.3) is 0 Å². The van der Waals surface area contributed by atoms with Gasteiger partial charge in [-0.1, -0.05) is 42.8 Å². The van der Waals surface area contributed by atoms with Crippen LogP contribution in [0, 0.1) is 5.41 Å². The third-order valence-electron chi connectivity index (χ3n) is 10.9. The Balaban J connectivity index is 1.11. The molecule has 11 heteroatoms. The number of carbonyl (C=O) groups is 2. The Labute approximate surface area is 297 Å². The molecule has 2 aromatic rings. The number of aliphatic imine (C=N–C) groups is 1. The van der Waals surface area contributed by atoms with Gasteiger partial charge in [-0.15, -0.1) is 11.3 Å². The first-order valence-electron chi connectivity index (χ1n) is 18.5. The number of carbonyl (C=O) groups excluding carboxylic acids is 2. The molecule has 3 aliphatic heterocycles. The summed E-state index contributed by atoms with van der Waals surface area (Å²) in [4.78, 5) is 42.9. The van der Waals surface area contributed by atoms with Crippen LogP contribution in [-0.4, -0.2) is 122 Å². The van der Waals surface area contributed by atoms with Crippen LogP contribution in [0.1, 0.15) is 68.7 Å². The average Bonchev–Trinajstić information content (AvgIpc) is 3.88. The smallest absolute Gasteiger partial charge is 0.287 e. The fourth-order valence-corrected chi connectivity index (χ4v) is 8.77. The van der Waals surface area contributed by atoms with Gasteiger partial charge in [0, 0.05) is 37.1 Å². The Hall–Kier alpha value is -2.99. The van der Waals surface area contributed by atoms with Crippen LogP contribution in [0.4, 0.5) is 0 Å². The third-order valence-corrected chi connectivity index (χ3v) is 11.8. The second kappa shape index (κ2) is 16.8. The number of thiophene rings is 1. The third kappa shape index (κ3) is 9.62. The first-order chi connectivity index (χ1) is 23.8. The number of rotatable bonds is 13. The zero-order valence-electron chi connectivity index (χ0n) is 29.8. The predicted molar refractivity (Wildman–Crippen MR) is 196 cm³/mol. The molecule has 0 bridgehead atoms.